The Morgan fingerprint density at radius 1 is 1.16 bits per heavy atom. The molecule has 0 radical (unpaired) electrons. The number of carbonyl (C=O) groups is 1. The number of hydrogen-bond acceptors (Lipinski definition) is 4. The molecular formula is C20H20N4O. The van der Waals surface area contributed by atoms with Gasteiger partial charge in [-0.25, -0.2) is 4.98 Å². The summed E-state index contributed by atoms with van der Waals surface area (Å²) in [5.41, 5.74) is 2.76. The lowest BCUT2D eigenvalue weighted by molar-refractivity contribution is 0.0667. The maximum atomic E-state index is 12.6. The van der Waals surface area contributed by atoms with E-state index in [9.17, 15) is 4.79 Å². The van der Waals surface area contributed by atoms with Crippen LogP contribution in [0.4, 0.5) is 0 Å². The van der Waals surface area contributed by atoms with Gasteiger partial charge in [-0.1, -0.05) is 12.1 Å². The molecule has 1 atom stereocenters. The number of amides is 1. The van der Waals surface area contributed by atoms with Crippen molar-refractivity contribution in [2.75, 3.05) is 13.1 Å². The van der Waals surface area contributed by atoms with Crippen molar-refractivity contribution in [3.8, 4) is 0 Å². The fourth-order valence-electron chi connectivity index (χ4n) is 3.57. The molecule has 4 rings (SSSR count). The SMILES string of the molecule is O=C(c1cnccn1)N1CCC[C@H](Cc2ccc3ncccc3c2)C1. The van der Waals surface area contributed by atoms with E-state index in [1.165, 1.54) is 10.9 Å². The Balaban J connectivity index is 1.46. The number of carbonyl (C=O) groups excluding carboxylic acids is 1. The first-order valence-electron chi connectivity index (χ1n) is 8.68. The zero-order chi connectivity index (χ0) is 17.1. The van der Waals surface area contributed by atoms with Gasteiger partial charge >= 0.3 is 0 Å². The Kier molecular flexibility index (Phi) is 4.37. The molecule has 0 spiro atoms. The minimum atomic E-state index is -0.0134. The van der Waals surface area contributed by atoms with Gasteiger partial charge in [0, 0.05) is 37.1 Å². The van der Waals surface area contributed by atoms with Crippen LogP contribution in [0.3, 0.4) is 0 Å². The third kappa shape index (κ3) is 3.50. The minimum absolute atomic E-state index is 0.0134. The molecule has 1 aliphatic heterocycles. The first kappa shape index (κ1) is 15.7. The lowest BCUT2D eigenvalue weighted by Crippen LogP contribution is -2.40. The standard InChI is InChI=1S/C20H20N4O/c25-20(19-13-21-8-9-23-19)24-10-2-3-16(14-24)11-15-5-6-18-17(12-15)4-1-7-22-18/h1,4-9,12-13,16H,2-3,10-11,14H2/t16-/m1/s1. The van der Waals surface area contributed by atoms with Gasteiger partial charge in [0.25, 0.3) is 5.91 Å². The number of piperidine rings is 1. The molecule has 0 aliphatic carbocycles. The van der Waals surface area contributed by atoms with Crippen molar-refractivity contribution in [2.45, 2.75) is 19.3 Å². The second kappa shape index (κ2) is 6.97. The second-order valence-electron chi connectivity index (χ2n) is 6.58. The number of aromatic nitrogens is 3. The topological polar surface area (TPSA) is 59.0 Å². The maximum absolute atomic E-state index is 12.6. The monoisotopic (exact) mass is 332 g/mol. The van der Waals surface area contributed by atoms with Crippen molar-refractivity contribution >= 4 is 16.8 Å². The van der Waals surface area contributed by atoms with E-state index >= 15 is 0 Å². The molecule has 1 saturated heterocycles. The number of benzene rings is 1. The average molecular weight is 332 g/mol. The van der Waals surface area contributed by atoms with Crippen molar-refractivity contribution in [3.05, 3.63) is 66.4 Å². The lowest BCUT2D eigenvalue weighted by atomic mass is 9.90. The van der Waals surface area contributed by atoms with E-state index in [1.54, 1.807) is 18.6 Å². The summed E-state index contributed by atoms with van der Waals surface area (Å²) in [4.78, 5) is 27.0. The molecule has 25 heavy (non-hydrogen) atoms. The Bertz CT molecular complexity index is 881. The molecule has 0 unspecified atom stereocenters. The Morgan fingerprint density at radius 3 is 3.00 bits per heavy atom. The number of nitrogens with zero attached hydrogens (tertiary/aromatic N) is 4. The van der Waals surface area contributed by atoms with Gasteiger partial charge in [-0.15, -0.1) is 0 Å². The van der Waals surface area contributed by atoms with Gasteiger partial charge < -0.3 is 4.90 Å². The summed E-state index contributed by atoms with van der Waals surface area (Å²) in [6, 6.07) is 10.5. The van der Waals surface area contributed by atoms with Crippen LogP contribution in [0.15, 0.2) is 55.1 Å². The molecule has 5 heteroatoms. The summed E-state index contributed by atoms with van der Waals surface area (Å²) < 4.78 is 0. The third-order valence-corrected chi connectivity index (χ3v) is 4.78. The Labute approximate surface area is 146 Å². The van der Waals surface area contributed by atoms with Gasteiger partial charge in [-0.05, 0) is 48.9 Å². The van der Waals surface area contributed by atoms with Gasteiger partial charge in [0.1, 0.15) is 5.69 Å². The van der Waals surface area contributed by atoms with Crippen molar-refractivity contribution in [1.82, 2.24) is 19.9 Å². The first-order chi connectivity index (χ1) is 12.3. The van der Waals surface area contributed by atoms with Gasteiger partial charge in [-0.2, -0.15) is 0 Å². The largest absolute Gasteiger partial charge is 0.337 e. The summed E-state index contributed by atoms with van der Waals surface area (Å²) in [5, 5.41) is 1.17. The van der Waals surface area contributed by atoms with E-state index in [-0.39, 0.29) is 5.91 Å². The highest BCUT2D eigenvalue weighted by Gasteiger charge is 2.25. The summed E-state index contributed by atoms with van der Waals surface area (Å²) in [6.45, 7) is 1.58. The molecule has 0 saturated carbocycles. The van der Waals surface area contributed by atoms with Gasteiger partial charge in [-0.3, -0.25) is 14.8 Å². The zero-order valence-corrected chi connectivity index (χ0v) is 14.0. The quantitative estimate of drug-likeness (QED) is 0.739. The maximum Gasteiger partial charge on any atom is 0.274 e. The summed E-state index contributed by atoms with van der Waals surface area (Å²) in [6.07, 6.45) is 9.68. The van der Waals surface area contributed by atoms with Gasteiger partial charge in [0.2, 0.25) is 0 Å². The van der Waals surface area contributed by atoms with E-state index in [0.29, 0.717) is 11.6 Å². The normalized spacial score (nSPS) is 17.6. The van der Waals surface area contributed by atoms with Crippen LogP contribution in [0.25, 0.3) is 10.9 Å². The van der Waals surface area contributed by atoms with E-state index in [0.717, 1.165) is 37.9 Å². The van der Waals surface area contributed by atoms with Crippen molar-refractivity contribution in [2.24, 2.45) is 5.92 Å². The third-order valence-electron chi connectivity index (χ3n) is 4.78. The van der Waals surface area contributed by atoms with Crippen molar-refractivity contribution < 1.29 is 4.79 Å². The first-order valence-corrected chi connectivity index (χ1v) is 8.68. The highest BCUT2D eigenvalue weighted by molar-refractivity contribution is 5.92. The second-order valence-corrected chi connectivity index (χ2v) is 6.58. The molecule has 0 N–H and O–H groups in total. The predicted molar refractivity (Wildman–Crippen MR) is 96.1 cm³/mol. The number of likely N-dealkylation sites (tertiary alicyclic amines) is 1. The molecule has 0 bridgehead atoms. The summed E-state index contributed by atoms with van der Waals surface area (Å²) in [7, 11) is 0. The van der Waals surface area contributed by atoms with E-state index in [2.05, 4.69) is 39.2 Å². The van der Waals surface area contributed by atoms with Crippen LogP contribution in [0.5, 0.6) is 0 Å². The average Bonchev–Trinajstić information content (AvgIpc) is 2.68. The number of hydrogen-bond donors (Lipinski definition) is 0. The van der Waals surface area contributed by atoms with Crippen LogP contribution < -0.4 is 0 Å². The molecule has 2 aromatic heterocycles. The number of rotatable bonds is 3. The van der Waals surface area contributed by atoms with Crippen LogP contribution in [0, 0.1) is 5.92 Å². The predicted octanol–water partition coefficient (Wildman–Crippen LogP) is 3.12. The molecule has 5 nitrogen and oxygen atoms in total. The Morgan fingerprint density at radius 2 is 2.12 bits per heavy atom. The van der Waals surface area contributed by atoms with E-state index in [4.69, 9.17) is 0 Å². The van der Waals surface area contributed by atoms with E-state index < -0.39 is 0 Å². The fraction of sp³-hybridized carbons (Fsp3) is 0.300. The molecule has 1 aromatic carbocycles. The molecule has 1 aliphatic rings. The Hall–Kier alpha value is -2.82. The van der Waals surface area contributed by atoms with Crippen LogP contribution in [0.2, 0.25) is 0 Å². The lowest BCUT2D eigenvalue weighted by Gasteiger charge is -2.32. The summed E-state index contributed by atoms with van der Waals surface area (Å²) >= 11 is 0. The molecule has 1 fully saturated rings. The van der Waals surface area contributed by atoms with Crippen molar-refractivity contribution in [1.29, 1.82) is 0 Å². The minimum Gasteiger partial charge on any atom is -0.337 e. The number of fused-ring (bicyclic) bond motifs is 1. The van der Waals surface area contributed by atoms with E-state index in [1.807, 2.05) is 17.2 Å². The highest BCUT2D eigenvalue weighted by Crippen LogP contribution is 2.23. The zero-order valence-electron chi connectivity index (χ0n) is 14.0. The smallest absolute Gasteiger partial charge is 0.274 e. The molecule has 3 heterocycles. The van der Waals surface area contributed by atoms with Crippen LogP contribution >= 0.6 is 0 Å². The molecule has 1 amide bonds. The van der Waals surface area contributed by atoms with Crippen LogP contribution in [-0.4, -0.2) is 38.8 Å². The number of pyridine rings is 1. The molecule has 126 valence electrons. The van der Waals surface area contributed by atoms with Gasteiger partial charge in [0.05, 0.1) is 11.7 Å². The summed E-state index contributed by atoms with van der Waals surface area (Å²) in [5.74, 6) is 0.462. The van der Waals surface area contributed by atoms with Crippen LogP contribution in [0.1, 0.15) is 28.9 Å². The van der Waals surface area contributed by atoms with Gasteiger partial charge in [0.15, 0.2) is 0 Å². The van der Waals surface area contributed by atoms with Crippen molar-refractivity contribution in [3.63, 3.8) is 0 Å². The molecular weight excluding hydrogens is 312 g/mol. The molecule has 3 aromatic rings. The highest BCUT2D eigenvalue weighted by atomic mass is 16.2. The fourth-order valence-corrected chi connectivity index (χ4v) is 3.57. The van der Waals surface area contributed by atoms with Crippen LogP contribution in [-0.2, 0) is 6.42 Å².